The average Bonchev–Trinajstić information content (AvgIpc) is 2.77. The van der Waals surface area contributed by atoms with E-state index in [4.69, 9.17) is 10.2 Å². The zero-order valence-corrected chi connectivity index (χ0v) is 9.77. The molecule has 18 heavy (non-hydrogen) atoms. The van der Waals surface area contributed by atoms with Gasteiger partial charge in [0.1, 0.15) is 16.2 Å². The molecule has 2 rings (SSSR count). The first-order valence-corrected chi connectivity index (χ1v) is 5.75. The molecule has 0 aliphatic rings. The molecule has 5 nitrogen and oxygen atoms in total. The Kier molecular flexibility index (Phi) is 3.03. The van der Waals surface area contributed by atoms with Crippen molar-refractivity contribution in [3.63, 3.8) is 0 Å². The smallest absolute Gasteiger partial charge is 0.345 e. The van der Waals surface area contributed by atoms with Gasteiger partial charge in [0.2, 0.25) is 0 Å². The summed E-state index contributed by atoms with van der Waals surface area (Å²) in [5.74, 6) is -2.57. The van der Waals surface area contributed by atoms with Gasteiger partial charge in [0.15, 0.2) is 0 Å². The third kappa shape index (κ3) is 2.18. The lowest BCUT2D eigenvalue weighted by molar-refractivity contribution is 0.0686. The molecule has 2 aromatic rings. The number of aromatic hydroxyl groups is 1. The first-order chi connectivity index (χ1) is 8.49. The summed E-state index contributed by atoms with van der Waals surface area (Å²) in [5.41, 5.74) is 1.01. The molecule has 1 heterocycles. The van der Waals surface area contributed by atoms with E-state index >= 15 is 0 Å². The molecular formula is C12H8O5S. The highest BCUT2D eigenvalue weighted by atomic mass is 32.1. The number of thiophene rings is 1. The number of hydrogen-bond acceptors (Lipinski definition) is 4. The van der Waals surface area contributed by atoms with Gasteiger partial charge in [-0.25, -0.2) is 9.59 Å². The molecular weight excluding hydrogens is 256 g/mol. The number of carboxylic acids is 2. The summed E-state index contributed by atoms with van der Waals surface area (Å²) < 4.78 is 0. The molecule has 0 spiro atoms. The zero-order valence-electron chi connectivity index (χ0n) is 8.95. The lowest BCUT2D eigenvalue weighted by atomic mass is 10.1. The van der Waals surface area contributed by atoms with Crippen LogP contribution in [0.2, 0.25) is 0 Å². The minimum absolute atomic E-state index is 0.187. The second kappa shape index (κ2) is 4.50. The van der Waals surface area contributed by atoms with Crippen LogP contribution in [-0.4, -0.2) is 27.3 Å². The van der Waals surface area contributed by atoms with Crippen LogP contribution >= 0.6 is 11.3 Å². The third-order valence-corrected chi connectivity index (χ3v) is 3.29. The predicted octanol–water partition coefficient (Wildman–Crippen LogP) is 2.52. The Morgan fingerprint density at radius 1 is 1.00 bits per heavy atom. The maximum Gasteiger partial charge on any atom is 0.345 e. The number of benzene rings is 1. The molecule has 92 valence electrons. The summed E-state index contributed by atoms with van der Waals surface area (Å²) in [6, 6.07) is 5.58. The van der Waals surface area contributed by atoms with Crippen LogP contribution in [0, 0.1) is 0 Å². The van der Waals surface area contributed by atoms with Gasteiger partial charge in [-0.15, -0.1) is 11.3 Å². The second-order valence-corrected chi connectivity index (χ2v) is 4.45. The fourth-order valence-electron chi connectivity index (χ4n) is 1.49. The van der Waals surface area contributed by atoms with Gasteiger partial charge in [-0.1, -0.05) is 6.07 Å². The highest BCUT2D eigenvalue weighted by molar-refractivity contribution is 7.12. The first-order valence-electron chi connectivity index (χ1n) is 4.87. The molecule has 0 amide bonds. The largest absolute Gasteiger partial charge is 0.507 e. The Balaban J connectivity index is 2.42. The molecule has 0 unspecified atom stereocenters. The van der Waals surface area contributed by atoms with Gasteiger partial charge < -0.3 is 15.3 Å². The molecule has 0 aliphatic carbocycles. The van der Waals surface area contributed by atoms with Crippen molar-refractivity contribution < 1.29 is 24.9 Å². The van der Waals surface area contributed by atoms with Crippen LogP contribution in [0.5, 0.6) is 5.75 Å². The summed E-state index contributed by atoms with van der Waals surface area (Å²) in [4.78, 5) is 21.7. The van der Waals surface area contributed by atoms with Crippen LogP contribution < -0.4 is 0 Å². The molecule has 0 aliphatic heterocycles. The number of phenols is 1. The Morgan fingerprint density at radius 3 is 2.22 bits per heavy atom. The lowest BCUT2D eigenvalue weighted by Gasteiger charge is -2.02. The number of carbonyl (C=O) groups is 2. The van der Waals surface area contributed by atoms with Gasteiger partial charge in [0, 0.05) is 0 Å². The number of hydrogen-bond donors (Lipinski definition) is 3. The van der Waals surface area contributed by atoms with E-state index in [-0.39, 0.29) is 16.2 Å². The number of aromatic carboxylic acids is 2. The van der Waals surface area contributed by atoms with E-state index in [0.717, 1.165) is 11.3 Å². The minimum atomic E-state index is -1.21. The SMILES string of the molecule is O=C(O)c1cc(-c2ccc(C(=O)O)c(O)c2)cs1. The van der Waals surface area contributed by atoms with Gasteiger partial charge in [0.25, 0.3) is 0 Å². The van der Waals surface area contributed by atoms with Gasteiger partial charge in [-0.2, -0.15) is 0 Å². The number of carboxylic acid groups (broad SMARTS) is 2. The van der Waals surface area contributed by atoms with Crippen LogP contribution in [0.25, 0.3) is 11.1 Å². The van der Waals surface area contributed by atoms with Crippen molar-refractivity contribution in [1.29, 1.82) is 0 Å². The van der Waals surface area contributed by atoms with Crippen molar-refractivity contribution in [2.75, 3.05) is 0 Å². The van der Waals surface area contributed by atoms with Crippen molar-refractivity contribution in [3.05, 3.63) is 40.1 Å². The summed E-state index contributed by atoms with van der Waals surface area (Å²) in [5, 5.41) is 28.8. The molecule has 0 saturated carbocycles. The van der Waals surface area contributed by atoms with Gasteiger partial charge in [-0.3, -0.25) is 0 Å². The summed E-state index contributed by atoms with van der Waals surface area (Å²) >= 11 is 1.07. The molecule has 6 heteroatoms. The van der Waals surface area contributed by atoms with Crippen molar-refractivity contribution in [3.8, 4) is 16.9 Å². The highest BCUT2D eigenvalue weighted by Crippen LogP contribution is 2.29. The Bertz CT molecular complexity index is 629. The monoisotopic (exact) mass is 264 g/mol. The van der Waals surface area contributed by atoms with Crippen molar-refractivity contribution in [1.82, 2.24) is 0 Å². The van der Waals surface area contributed by atoms with E-state index < -0.39 is 11.9 Å². The van der Waals surface area contributed by atoms with E-state index in [0.29, 0.717) is 11.1 Å². The third-order valence-electron chi connectivity index (χ3n) is 2.37. The van der Waals surface area contributed by atoms with Crippen molar-refractivity contribution in [2.45, 2.75) is 0 Å². The summed E-state index contributed by atoms with van der Waals surface area (Å²) in [6.07, 6.45) is 0. The molecule has 3 N–H and O–H groups in total. The Hall–Kier alpha value is -2.34. The predicted molar refractivity (Wildman–Crippen MR) is 65.3 cm³/mol. The Labute approximate surface area is 106 Å². The molecule has 1 aromatic heterocycles. The van der Waals surface area contributed by atoms with Gasteiger partial charge >= 0.3 is 11.9 Å². The second-order valence-electron chi connectivity index (χ2n) is 3.54. The molecule has 0 atom stereocenters. The van der Waals surface area contributed by atoms with Crippen molar-refractivity contribution >= 4 is 23.3 Å². The van der Waals surface area contributed by atoms with Gasteiger partial charge in [-0.05, 0) is 34.7 Å². The van der Waals surface area contributed by atoms with Crippen LogP contribution in [0.1, 0.15) is 20.0 Å². The fourth-order valence-corrected chi connectivity index (χ4v) is 2.25. The topological polar surface area (TPSA) is 94.8 Å². The number of rotatable bonds is 3. The molecule has 0 saturated heterocycles. The van der Waals surface area contributed by atoms with Crippen molar-refractivity contribution in [2.24, 2.45) is 0 Å². The van der Waals surface area contributed by atoms with E-state index in [1.165, 1.54) is 24.3 Å². The minimum Gasteiger partial charge on any atom is -0.507 e. The lowest BCUT2D eigenvalue weighted by Crippen LogP contribution is -1.96. The summed E-state index contributed by atoms with van der Waals surface area (Å²) in [7, 11) is 0. The molecule has 1 aromatic carbocycles. The summed E-state index contributed by atoms with van der Waals surface area (Å²) in [6.45, 7) is 0. The van der Waals surface area contributed by atoms with E-state index in [2.05, 4.69) is 0 Å². The molecule has 0 bridgehead atoms. The average molecular weight is 264 g/mol. The van der Waals surface area contributed by atoms with Crippen LogP contribution in [0.4, 0.5) is 0 Å². The molecule has 0 fully saturated rings. The maximum atomic E-state index is 10.7. The van der Waals surface area contributed by atoms with Crippen LogP contribution in [-0.2, 0) is 0 Å². The van der Waals surface area contributed by atoms with Crippen LogP contribution in [0.3, 0.4) is 0 Å². The highest BCUT2D eigenvalue weighted by Gasteiger charge is 2.12. The maximum absolute atomic E-state index is 10.7. The van der Waals surface area contributed by atoms with E-state index in [1.807, 2.05) is 0 Å². The van der Waals surface area contributed by atoms with Gasteiger partial charge in [0.05, 0.1) is 0 Å². The van der Waals surface area contributed by atoms with E-state index in [1.54, 1.807) is 5.38 Å². The fraction of sp³-hybridized carbons (Fsp3) is 0. The zero-order chi connectivity index (χ0) is 13.3. The van der Waals surface area contributed by atoms with E-state index in [9.17, 15) is 14.7 Å². The Morgan fingerprint density at radius 2 is 1.72 bits per heavy atom. The first kappa shape index (κ1) is 12.1. The van der Waals surface area contributed by atoms with Crippen LogP contribution in [0.15, 0.2) is 29.6 Å². The standard InChI is InChI=1S/C12H8O5S/c13-9-3-6(1-2-8(9)11(14)15)7-4-10(12(16)17)18-5-7/h1-5,13H,(H,14,15)(H,16,17). The quantitative estimate of drug-likeness (QED) is 0.791. The normalized spacial score (nSPS) is 10.2. The molecule has 0 radical (unpaired) electrons.